The molecule has 0 atom stereocenters. The topological polar surface area (TPSA) is 75.1 Å². The van der Waals surface area contributed by atoms with E-state index in [1.165, 1.54) is 0 Å². The highest BCUT2D eigenvalue weighted by Gasteiger charge is 2.38. The summed E-state index contributed by atoms with van der Waals surface area (Å²) < 4.78 is 11.8. The molecule has 0 radical (unpaired) electrons. The Morgan fingerprint density at radius 1 is 1.32 bits per heavy atom. The lowest BCUT2D eigenvalue weighted by Crippen LogP contribution is -2.42. The van der Waals surface area contributed by atoms with Crippen molar-refractivity contribution in [3.05, 3.63) is 33.2 Å². The van der Waals surface area contributed by atoms with Crippen molar-refractivity contribution >= 4 is 0 Å². The minimum atomic E-state index is -0.561. The van der Waals surface area contributed by atoms with Crippen molar-refractivity contribution in [2.24, 2.45) is 0 Å². The Bertz CT molecular complexity index is 577. The Morgan fingerprint density at radius 2 is 2.05 bits per heavy atom. The highest BCUT2D eigenvalue weighted by Crippen LogP contribution is 2.34. The number of pyridine rings is 1. The number of hydrogen-bond donors (Lipinski definition) is 1. The van der Waals surface area contributed by atoms with Crippen LogP contribution < -0.4 is 5.56 Å². The van der Waals surface area contributed by atoms with Crippen molar-refractivity contribution in [3.63, 3.8) is 0 Å². The van der Waals surface area contributed by atoms with Gasteiger partial charge >= 0.3 is 0 Å². The van der Waals surface area contributed by atoms with E-state index in [0.29, 0.717) is 32.5 Å². The molecular weight excluding hydrogens is 244 g/mol. The summed E-state index contributed by atoms with van der Waals surface area (Å²) in [5, 5.41) is 9.09. The number of ether oxygens (including phenoxy) is 2. The number of aromatic amines is 1. The molecule has 5 nitrogen and oxygen atoms in total. The average Bonchev–Trinajstić information content (AvgIpc) is 2.65. The van der Waals surface area contributed by atoms with E-state index in [1.807, 2.05) is 6.07 Å². The van der Waals surface area contributed by atoms with E-state index in [0.717, 1.165) is 24.0 Å². The molecule has 1 aliphatic carbocycles. The van der Waals surface area contributed by atoms with E-state index in [2.05, 4.69) is 4.98 Å². The first-order chi connectivity index (χ1) is 9.24. The molecule has 3 rings (SSSR count). The molecule has 100 valence electrons. The summed E-state index contributed by atoms with van der Waals surface area (Å²) in [6.07, 6.45) is 5.69. The van der Waals surface area contributed by atoms with Gasteiger partial charge in [-0.3, -0.25) is 4.79 Å². The van der Waals surface area contributed by atoms with Gasteiger partial charge in [0.15, 0.2) is 5.79 Å². The van der Waals surface area contributed by atoms with Gasteiger partial charge < -0.3 is 14.5 Å². The lowest BCUT2D eigenvalue weighted by molar-refractivity contribution is -0.230. The molecule has 0 unspecified atom stereocenters. The molecule has 1 aromatic rings. The predicted octanol–water partition coefficient (Wildman–Crippen LogP) is 1.26. The van der Waals surface area contributed by atoms with E-state index >= 15 is 0 Å². The van der Waals surface area contributed by atoms with Crippen LogP contribution in [0.5, 0.6) is 0 Å². The van der Waals surface area contributed by atoms with Crippen LogP contribution >= 0.6 is 0 Å². The summed E-state index contributed by atoms with van der Waals surface area (Å²) in [5.74, 6) is -0.561. The van der Waals surface area contributed by atoms with Crippen LogP contribution in [0, 0.1) is 11.3 Å². The Labute approximate surface area is 111 Å². The van der Waals surface area contributed by atoms with Crippen LogP contribution in [0.2, 0.25) is 0 Å². The van der Waals surface area contributed by atoms with Gasteiger partial charge in [-0.15, -0.1) is 0 Å². The minimum Gasteiger partial charge on any atom is -0.350 e. The summed E-state index contributed by atoms with van der Waals surface area (Å²) in [4.78, 5) is 14.2. The molecule has 2 aliphatic rings. The third-order valence-electron chi connectivity index (χ3n) is 3.89. The van der Waals surface area contributed by atoms with Gasteiger partial charge in [0.05, 0.1) is 13.2 Å². The van der Waals surface area contributed by atoms with Gasteiger partial charge in [0, 0.05) is 19.0 Å². The largest absolute Gasteiger partial charge is 0.350 e. The molecule has 19 heavy (non-hydrogen) atoms. The van der Waals surface area contributed by atoms with Crippen LogP contribution in [0.15, 0.2) is 11.0 Å². The van der Waals surface area contributed by atoms with Gasteiger partial charge in [-0.05, 0) is 30.4 Å². The fourth-order valence-corrected chi connectivity index (χ4v) is 2.87. The normalized spacial score (nSPS) is 21.4. The second kappa shape index (κ2) is 4.80. The first-order valence-electron chi connectivity index (χ1n) is 6.65. The highest BCUT2D eigenvalue weighted by atomic mass is 16.7. The maximum atomic E-state index is 11.6. The van der Waals surface area contributed by atoms with Crippen LogP contribution in [0.3, 0.4) is 0 Å². The summed E-state index contributed by atoms with van der Waals surface area (Å²) in [7, 11) is 0. The first-order valence-corrected chi connectivity index (χ1v) is 6.65. The van der Waals surface area contributed by atoms with Gasteiger partial charge in [0.25, 0.3) is 5.56 Å². The molecule has 1 saturated heterocycles. The molecule has 1 N–H and O–H groups in total. The number of hydrogen-bond acceptors (Lipinski definition) is 4. The quantitative estimate of drug-likeness (QED) is 0.762. The predicted molar refractivity (Wildman–Crippen MR) is 67.7 cm³/mol. The molecule has 1 aliphatic heterocycles. The lowest BCUT2D eigenvalue weighted by atomic mass is 9.86. The van der Waals surface area contributed by atoms with Crippen LogP contribution in [0.1, 0.15) is 36.0 Å². The molecule has 0 bridgehead atoms. The van der Waals surface area contributed by atoms with Crippen molar-refractivity contribution in [2.75, 3.05) is 13.2 Å². The smallest absolute Gasteiger partial charge is 0.266 e. The third kappa shape index (κ3) is 2.18. The van der Waals surface area contributed by atoms with Crippen LogP contribution in [-0.4, -0.2) is 24.0 Å². The maximum absolute atomic E-state index is 11.6. The summed E-state index contributed by atoms with van der Waals surface area (Å²) in [6, 6.07) is 2.00. The number of rotatable bonds is 0. The zero-order chi connectivity index (χ0) is 13.3. The lowest BCUT2D eigenvalue weighted by Gasteiger charge is -2.36. The van der Waals surface area contributed by atoms with Gasteiger partial charge in [-0.2, -0.15) is 5.26 Å². The van der Waals surface area contributed by atoms with Gasteiger partial charge in [-0.1, -0.05) is 0 Å². The van der Waals surface area contributed by atoms with Crippen molar-refractivity contribution in [2.45, 2.75) is 37.9 Å². The Kier molecular flexibility index (Phi) is 3.13. The molecular formula is C14H16N2O3. The molecule has 1 aromatic heterocycles. The number of nitrogens with one attached hydrogen (secondary N) is 1. The van der Waals surface area contributed by atoms with Crippen molar-refractivity contribution < 1.29 is 9.47 Å². The number of H-pyrrole nitrogens is 1. The SMILES string of the molecule is N#Cc1c2c(c[nH]c1=O)CC1(CC2)OCCCCO1. The van der Waals surface area contributed by atoms with Crippen LogP contribution in [0.25, 0.3) is 0 Å². The van der Waals surface area contributed by atoms with Gasteiger partial charge in [-0.25, -0.2) is 0 Å². The van der Waals surface area contributed by atoms with Crippen molar-refractivity contribution in [3.8, 4) is 6.07 Å². The standard InChI is InChI=1S/C14H16N2O3/c15-8-12-11-3-4-14(18-5-1-2-6-19-14)7-10(11)9-16-13(12)17/h9H,1-7H2,(H,16,17). The minimum absolute atomic E-state index is 0.237. The summed E-state index contributed by atoms with van der Waals surface area (Å²) >= 11 is 0. The molecule has 0 aromatic carbocycles. The van der Waals surface area contributed by atoms with E-state index in [-0.39, 0.29) is 11.1 Å². The van der Waals surface area contributed by atoms with E-state index in [4.69, 9.17) is 14.7 Å². The monoisotopic (exact) mass is 260 g/mol. The number of nitriles is 1. The first kappa shape index (κ1) is 12.4. The Morgan fingerprint density at radius 3 is 2.74 bits per heavy atom. The fourth-order valence-electron chi connectivity index (χ4n) is 2.87. The fraction of sp³-hybridized carbons (Fsp3) is 0.571. The summed E-state index contributed by atoms with van der Waals surface area (Å²) in [6.45, 7) is 1.42. The zero-order valence-corrected chi connectivity index (χ0v) is 10.7. The van der Waals surface area contributed by atoms with E-state index in [9.17, 15) is 4.79 Å². The van der Waals surface area contributed by atoms with Gasteiger partial charge in [0.2, 0.25) is 0 Å². The molecule has 2 heterocycles. The molecule has 1 fully saturated rings. The van der Waals surface area contributed by atoms with Crippen molar-refractivity contribution in [1.29, 1.82) is 5.26 Å². The molecule has 1 spiro atoms. The second-order valence-electron chi connectivity index (χ2n) is 5.10. The Balaban J connectivity index is 1.96. The third-order valence-corrected chi connectivity index (χ3v) is 3.89. The number of aromatic nitrogens is 1. The maximum Gasteiger partial charge on any atom is 0.266 e. The number of fused-ring (bicyclic) bond motifs is 1. The van der Waals surface area contributed by atoms with E-state index in [1.54, 1.807) is 6.20 Å². The number of nitrogens with zero attached hydrogens (tertiary/aromatic N) is 1. The van der Waals surface area contributed by atoms with Gasteiger partial charge in [0.1, 0.15) is 11.6 Å². The summed E-state index contributed by atoms with van der Waals surface area (Å²) in [5.41, 5.74) is 1.75. The molecule has 0 amide bonds. The average molecular weight is 260 g/mol. The Hall–Kier alpha value is -1.64. The van der Waals surface area contributed by atoms with Crippen LogP contribution in [0.4, 0.5) is 0 Å². The molecule has 0 saturated carbocycles. The van der Waals surface area contributed by atoms with Crippen LogP contribution in [-0.2, 0) is 22.3 Å². The molecule has 5 heteroatoms. The zero-order valence-electron chi connectivity index (χ0n) is 10.7. The highest BCUT2D eigenvalue weighted by molar-refractivity contribution is 5.42. The van der Waals surface area contributed by atoms with Crippen molar-refractivity contribution in [1.82, 2.24) is 4.98 Å². The van der Waals surface area contributed by atoms with E-state index < -0.39 is 5.79 Å². The second-order valence-corrected chi connectivity index (χ2v) is 5.10.